The van der Waals surface area contributed by atoms with E-state index in [2.05, 4.69) is 0 Å². The molecule has 0 N–H and O–H groups in total. The average Bonchev–Trinajstić information content (AvgIpc) is 1.82. The van der Waals surface area contributed by atoms with Gasteiger partial charge in [-0.15, -0.1) is 0 Å². The molecule has 45 valence electrons. The molecule has 0 aromatic heterocycles. The van der Waals surface area contributed by atoms with Crippen molar-refractivity contribution in [3.05, 3.63) is 0 Å². The Balaban J connectivity index is 2.44. The van der Waals surface area contributed by atoms with Crippen molar-refractivity contribution in [1.82, 2.24) is 0 Å². The van der Waals surface area contributed by atoms with Crippen LogP contribution in [-0.4, -0.2) is 39.0 Å². The fraction of sp³-hybridized carbons (Fsp3) is 1.00. The number of ether oxygens (including phenoxy) is 2. The van der Waals surface area contributed by atoms with E-state index in [4.69, 9.17) is 9.47 Å². The molecule has 8 heavy (non-hydrogen) atoms. The molecule has 3 radical (unpaired) electrons. The van der Waals surface area contributed by atoms with E-state index >= 15 is 0 Å². The van der Waals surface area contributed by atoms with Gasteiger partial charge in [0.2, 0.25) is 0 Å². The first-order valence-electron chi connectivity index (χ1n) is 2.63. The maximum absolute atomic E-state index is 5.37. The van der Waals surface area contributed by atoms with E-state index in [1.54, 1.807) is 0 Å². The molecule has 0 bridgehead atoms. The second-order valence-corrected chi connectivity index (χ2v) is 4.16. The normalized spacial score (nSPS) is 35.6. The fourth-order valence-corrected chi connectivity index (χ4v) is 1.73. The summed E-state index contributed by atoms with van der Waals surface area (Å²) in [7, 11) is 0. The van der Waals surface area contributed by atoms with Gasteiger partial charge >= 0.3 is 62.4 Å². The Morgan fingerprint density at radius 1 is 1.62 bits per heavy atom. The van der Waals surface area contributed by atoms with Gasteiger partial charge in [-0.1, -0.05) is 0 Å². The summed E-state index contributed by atoms with van der Waals surface area (Å²) < 4.78 is 11.0. The first kappa shape index (κ1) is 6.83. The van der Waals surface area contributed by atoms with Crippen LogP contribution in [0.4, 0.5) is 0 Å². The Morgan fingerprint density at radius 3 is 2.38 bits per heavy atom. The molecule has 0 aromatic carbocycles. The van der Waals surface area contributed by atoms with Gasteiger partial charge in [0, 0.05) is 0 Å². The molecule has 3 heteroatoms. The van der Waals surface area contributed by atoms with Crippen molar-refractivity contribution >= 4 is 22.5 Å². The van der Waals surface area contributed by atoms with Crippen molar-refractivity contribution in [2.24, 2.45) is 0 Å². The first-order chi connectivity index (χ1) is 3.60. The summed E-state index contributed by atoms with van der Waals surface area (Å²) in [5.41, 5.74) is 0. The zero-order valence-corrected chi connectivity index (χ0v) is 7.96. The van der Waals surface area contributed by atoms with Crippen LogP contribution in [0.5, 0.6) is 0 Å². The average molecular weight is 220 g/mol. The van der Waals surface area contributed by atoms with Crippen LogP contribution in [0.3, 0.4) is 0 Å². The molecule has 1 rings (SSSR count). The molecule has 1 unspecified atom stereocenters. The standard InChI is InChI=1S/C5H9O2.Sn/c1-5(2)6-3-4-7-5;/h3H,4H2,1-2H3;. The van der Waals surface area contributed by atoms with E-state index in [1.165, 1.54) is 22.5 Å². The molecule has 1 atom stereocenters. The monoisotopic (exact) mass is 221 g/mol. The maximum atomic E-state index is 5.37. The van der Waals surface area contributed by atoms with E-state index in [9.17, 15) is 0 Å². The SMILES string of the molecule is CC1(C)OC[CH]([Sn])O1. The number of hydrogen-bond acceptors (Lipinski definition) is 2. The molecule has 2 nitrogen and oxygen atoms in total. The van der Waals surface area contributed by atoms with Gasteiger partial charge in [0.25, 0.3) is 0 Å². The summed E-state index contributed by atoms with van der Waals surface area (Å²) in [5.74, 6) is -0.311. The van der Waals surface area contributed by atoms with Crippen molar-refractivity contribution in [2.75, 3.05) is 6.61 Å². The quantitative estimate of drug-likeness (QED) is 0.545. The van der Waals surface area contributed by atoms with Crippen molar-refractivity contribution < 1.29 is 9.47 Å². The topological polar surface area (TPSA) is 18.5 Å². The molecule has 1 heterocycles. The number of hydrogen-bond donors (Lipinski definition) is 0. The molecule has 0 aromatic rings. The Bertz CT molecular complexity index is 92.4. The summed E-state index contributed by atoms with van der Waals surface area (Å²) in [4.78, 5) is 0. The van der Waals surface area contributed by atoms with Gasteiger partial charge in [-0.25, -0.2) is 0 Å². The van der Waals surface area contributed by atoms with Crippen LogP contribution in [0.15, 0.2) is 0 Å². The van der Waals surface area contributed by atoms with Gasteiger partial charge in [0.1, 0.15) is 0 Å². The van der Waals surface area contributed by atoms with Gasteiger partial charge < -0.3 is 0 Å². The molecule has 1 aliphatic heterocycles. The van der Waals surface area contributed by atoms with Crippen LogP contribution in [-0.2, 0) is 9.47 Å². The van der Waals surface area contributed by atoms with Crippen molar-refractivity contribution in [3.63, 3.8) is 0 Å². The van der Waals surface area contributed by atoms with Crippen LogP contribution < -0.4 is 0 Å². The molecule has 0 aliphatic carbocycles. The fourth-order valence-electron chi connectivity index (χ4n) is 0.687. The molecule has 0 saturated carbocycles. The summed E-state index contributed by atoms with van der Waals surface area (Å²) in [6, 6.07) is 0. The van der Waals surface area contributed by atoms with Crippen molar-refractivity contribution in [3.8, 4) is 0 Å². The third kappa shape index (κ3) is 1.60. The molecule has 0 spiro atoms. The Hall–Kier alpha value is 0.719. The second kappa shape index (κ2) is 2.15. The van der Waals surface area contributed by atoms with Crippen molar-refractivity contribution in [1.29, 1.82) is 0 Å². The molecule has 1 saturated heterocycles. The predicted molar refractivity (Wildman–Crippen MR) is 30.7 cm³/mol. The molecular formula is C5H9O2Sn. The van der Waals surface area contributed by atoms with E-state index in [0.717, 1.165) is 6.61 Å². The first-order valence-corrected chi connectivity index (χ1v) is 4.28. The molecular weight excluding hydrogens is 211 g/mol. The van der Waals surface area contributed by atoms with Gasteiger partial charge in [-0.2, -0.15) is 0 Å². The van der Waals surface area contributed by atoms with Gasteiger partial charge in [0.05, 0.1) is 0 Å². The summed E-state index contributed by atoms with van der Waals surface area (Å²) in [6.45, 7) is 4.65. The predicted octanol–water partition coefficient (Wildman–Crippen LogP) is 0.264. The summed E-state index contributed by atoms with van der Waals surface area (Å²) in [5, 5.41) is 0. The van der Waals surface area contributed by atoms with Crippen molar-refractivity contribution in [2.45, 2.75) is 23.8 Å². The van der Waals surface area contributed by atoms with Crippen LogP contribution in [0.2, 0.25) is 0 Å². The van der Waals surface area contributed by atoms with Crippen LogP contribution in [0, 0.1) is 0 Å². The summed E-state index contributed by atoms with van der Waals surface area (Å²) >= 11 is 1.40. The zero-order valence-electron chi connectivity index (χ0n) is 5.10. The van der Waals surface area contributed by atoms with E-state index in [-0.39, 0.29) is 5.79 Å². The minimum absolute atomic E-state index is 0.311. The Kier molecular flexibility index (Phi) is 1.84. The van der Waals surface area contributed by atoms with Gasteiger partial charge in [0.15, 0.2) is 0 Å². The third-order valence-electron chi connectivity index (χ3n) is 1.01. The zero-order chi connectivity index (χ0) is 6.20. The van der Waals surface area contributed by atoms with Crippen LogP contribution in [0.25, 0.3) is 0 Å². The van der Waals surface area contributed by atoms with E-state index < -0.39 is 0 Å². The van der Waals surface area contributed by atoms with Gasteiger partial charge in [-0.3, -0.25) is 0 Å². The minimum atomic E-state index is -0.311. The number of rotatable bonds is 0. The Morgan fingerprint density at radius 2 is 2.25 bits per heavy atom. The third-order valence-corrected chi connectivity index (χ3v) is 1.82. The second-order valence-electron chi connectivity index (χ2n) is 2.32. The van der Waals surface area contributed by atoms with E-state index in [0.29, 0.717) is 4.12 Å². The molecule has 1 aliphatic rings. The molecule has 0 amide bonds. The molecule has 1 fully saturated rings. The van der Waals surface area contributed by atoms with Crippen LogP contribution >= 0.6 is 0 Å². The summed E-state index contributed by atoms with van der Waals surface area (Å²) in [6.07, 6.45) is 0. The van der Waals surface area contributed by atoms with Gasteiger partial charge in [-0.05, 0) is 0 Å². The van der Waals surface area contributed by atoms with Crippen LogP contribution in [0.1, 0.15) is 13.8 Å². The van der Waals surface area contributed by atoms with E-state index in [1.807, 2.05) is 13.8 Å². The Labute approximate surface area is 62.6 Å².